The summed E-state index contributed by atoms with van der Waals surface area (Å²) in [6.07, 6.45) is 5.64. The number of quaternary nitrogens is 1. The van der Waals surface area contributed by atoms with E-state index in [1.54, 1.807) is 0 Å². The van der Waals surface area contributed by atoms with Crippen LogP contribution in [0.2, 0.25) is 0 Å². The van der Waals surface area contributed by atoms with Crippen molar-refractivity contribution >= 4 is 17.8 Å². The van der Waals surface area contributed by atoms with Crippen molar-refractivity contribution in [2.24, 2.45) is 17.6 Å². The van der Waals surface area contributed by atoms with Crippen LogP contribution < -0.4 is 5.73 Å². The molecule has 3 atom stereocenters. The quantitative estimate of drug-likeness (QED) is 0.337. The third-order valence-electron chi connectivity index (χ3n) is 5.35. The Morgan fingerprint density at radius 1 is 1.12 bits per heavy atom. The van der Waals surface area contributed by atoms with E-state index in [4.69, 9.17) is 10.8 Å². The van der Waals surface area contributed by atoms with Gasteiger partial charge in [0.1, 0.15) is 0 Å². The number of hydrogen-bond acceptors (Lipinski definition) is 4. The maximum absolute atomic E-state index is 13.2. The highest BCUT2D eigenvalue weighted by Gasteiger charge is 2.55. The Bertz CT molecular complexity index is 494. The van der Waals surface area contributed by atoms with Crippen LogP contribution in [0.3, 0.4) is 0 Å². The molecular formula is C19H35N2O5+. The van der Waals surface area contributed by atoms with Crippen molar-refractivity contribution < 1.29 is 29.1 Å². The van der Waals surface area contributed by atoms with Gasteiger partial charge in [0.2, 0.25) is 0 Å². The number of hydrogen-bond donors (Lipinski definition) is 3. The summed E-state index contributed by atoms with van der Waals surface area (Å²) in [6, 6.07) is -0.217. The normalized spacial score (nSPS) is 25.8. The maximum Gasteiger partial charge on any atom is 0.359 e. The second-order valence-corrected chi connectivity index (χ2v) is 8.01. The zero-order valence-corrected chi connectivity index (χ0v) is 16.2. The molecule has 4 N–H and O–H groups in total. The largest absolute Gasteiger partial charge is 0.481 e. The molecule has 26 heavy (non-hydrogen) atoms. The van der Waals surface area contributed by atoms with Crippen molar-refractivity contribution in [3.8, 4) is 0 Å². The average Bonchev–Trinajstić information content (AvgIpc) is 2.76. The fourth-order valence-corrected chi connectivity index (χ4v) is 4.36. The van der Waals surface area contributed by atoms with E-state index in [0.29, 0.717) is 25.9 Å². The highest BCUT2D eigenvalue weighted by Crippen LogP contribution is 2.38. The Labute approximate surface area is 156 Å². The lowest BCUT2D eigenvalue weighted by Gasteiger charge is -2.37. The Morgan fingerprint density at radius 3 is 2.31 bits per heavy atom. The summed E-state index contributed by atoms with van der Waals surface area (Å²) >= 11 is 0. The predicted molar refractivity (Wildman–Crippen MR) is 98.4 cm³/mol. The van der Waals surface area contributed by atoms with E-state index in [2.05, 4.69) is 0 Å². The molecule has 1 saturated heterocycles. The van der Waals surface area contributed by atoms with E-state index in [0.717, 1.165) is 32.1 Å². The number of amides is 1. The lowest BCUT2D eigenvalue weighted by atomic mass is 9.96. The van der Waals surface area contributed by atoms with Gasteiger partial charge in [0, 0.05) is 18.8 Å². The van der Waals surface area contributed by atoms with Crippen molar-refractivity contribution in [1.82, 2.24) is 0 Å². The number of aliphatic carboxylic acids is 2. The molecule has 1 aliphatic rings. The summed E-state index contributed by atoms with van der Waals surface area (Å²) < 4.78 is -0.0895. The van der Waals surface area contributed by atoms with Gasteiger partial charge in [0.25, 0.3) is 0 Å². The van der Waals surface area contributed by atoms with E-state index in [1.807, 2.05) is 13.8 Å². The molecular weight excluding hydrogens is 336 g/mol. The molecule has 0 bridgehead atoms. The predicted octanol–water partition coefficient (Wildman–Crippen LogP) is 2.23. The molecule has 1 heterocycles. The summed E-state index contributed by atoms with van der Waals surface area (Å²) in [5.74, 6) is -1.91. The highest BCUT2D eigenvalue weighted by atomic mass is 16.4. The monoisotopic (exact) mass is 371 g/mol. The standard InChI is InChI=1S/C19H34N2O5/c1-14(2)12-21(13-18(24)25)16(8-9-17(22)23)11-15(19(21)26)7-5-3-4-6-10-20/h14-16H,3-13,20H2,1-2H3,(H-,22,23,24,25)/p+1/t15-,16-,21?/m1/s1. The van der Waals surface area contributed by atoms with Gasteiger partial charge in [-0.25, -0.2) is 14.1 Å². The molecule has 0 saturated carbocycles. The molecule has 0 aromatic carbocycles. The van der Waals surface area contributed by atoms with Crippen LogP contribution in [0.15, 0.2) is 0 Å². The summed E-state index contributed by atoms with van der Waals surface area (Å²) in [5.41, 5.74) is 5.50. The highest BCUT2D eigenvalue weighted by molar-refractivity contribution is 5.78. The van der Waals surface area contributed by atoms with Crippen molar-refractivity contribution in [2.75, 3.05) is 19.6 Å². The molecule has 0 spiro atoms. The van der Waals surface area contributed by atoms with Crippen LogP contribution in [0.1, 0.15) is 65.2 Å². The smallest absolute Gasteiger partial charge is 0.359 e. The first kappa shape index (κ1) is 22.6. The van der Waals surface area contributed by atoms with Crippen LogP contribution in [-0.4, -0.2) is 58.2 Å². The minimum Gasteiger partial charge on any atom is -0.481 e. The number of likely N-dealkylation sites (tertiary alicyclic amines) is 1. The van der Waals surface area contributed by atoms with Crippen LogP contribution in [0, 0.1) is 11.8 Å². The van der Waals surface area contributed by atoms with Crippen LogP contribution in [-0.2, 0) is 14.4 Å². The van der Waals surface area contributed by atoms with Gasteiger partial charge in [-0.2, -0.15) is 0 Å². The molecule has 1 fully saturated rings. The van der Waals surface area contributed by atoms with Gasteiger partial charge < -0.3 is 15.9 Å². The summed E-state index contributed by atoms with van der Waals surface area (Å²) in [4.78, 5) is 35.8. The van der Waals surface area contributed by atoms with Crippen LogP contribution >= 0.6 is 0 Å². The zero-order chi connectivity index (χ0) is 19.7. The number of carbonyl (C=O) groups excluding carboxylic acids is 1. The summed E-state index contributed by atoms with van der Waals surface area (Å²) in [5, 5.41) is 18.5. The number of nitrogens with zero attached hydrogens (tertiary/aromatic N) is 1. The Hall–Kier alpha value is -1.47. The summed E-state index contributed by atoms with van der Waals surface area (Å²) in [7, 11) is 0. The van der Waals surface area contributed by atoms with Crippen molar-refractivity contribution in [1.29, 1.82) is 0 Å². The van der Waals surface area contributed by atoms with Crippen molar-refractivity contribution in [2.45, 2.75) is 71.3 Å². The summed E-state index contributed by atoms with van der Waals surface area (Å²) in [6.45, 7) is 4.84. The first-order chi connectivity index (χ1) is 12.2. The fraction of sp³-hybridized carbons (Fsp3) is 0.842. The number of rotatable bonds is 13. The van der Waals surface area contributed by atoms with Gasteiger partial charge in [-0.3, -0.25) is 4.79 Å². The van der Waals surface area contributed by atoms with Crippen molar-refractivity contribution in [3.63, 3.8) is 0 Å². The minimum atomic E-state index is -0.997. The van der Waals surface area contributed by atoms with Crippen LogP contribution in [0.4, 0.5) is 0 Å². The number of carbonyl (C=O) groups is 3. The van der Waals surface area contributed by atoms with Gasteiger partial charge in [0.05, 0.1) is 24.9 Å². The Kier molecular flexibility index (Phi) is 9.22. The minimum absolute atomic E-state index is 0.00434. The van der Waals surface area contributed by atoms with Gasteiger partial charge >= 0.3 is 17.8 Å². The van der Waals surface area contributed by atoms with E-state index in [1.165, 1.54) is 0 Å². The zero-order valence-electron chi connectivity index (χ0n) is 16.2. The first-order valence-electron chi connectivity index (χ1n) is 9.77. The van der Waals surface area contributed by atoms with Crippen molar-refractivity contribution in [3.05, 3.63) is 0 Å². The molecule has 1 unspecified atom stereocenters. The van der Waals surface area contributed by atoms with Gasteiger partial charge in [-0.1, -0.05) is 33.1 Å². The second kappa shape index (κ2) is 10.6. The average molecular weight is 371 g/mol. The van der Waals surface area contributed by atoms with Gasteiger partial charge in [-0.15, -0.1) is 0 Å². The first-order valence-corrected chi connectivity index (χ1v) is 9.77. The molecule has 7 heteroatoms. The molecule has 0 aromatic rings. The second-order valence-electron chi connectivity index (χ2n) is 8.01. The lowest BCUT2D eigenvalue weighted by molar-refractivity contribution is -0.868. The lowest BCUT2D eigenvalue weighted by Crippen LogP contribution is -2.59. The Morgan fingerprint density at radius 2 is 1.77 bits per heavy atom. The number of unbranched alkanes of at least 4 members (excludes halogenated alkanes) is 3. The topological polar surface area (TPSA) is 118 Å². The fourth-order valence-electron chi connectivity index (χ4n) is 4.36. The molecule has 1 rings (SSSR count). The maximum atomic E-state index is 13.2. The number of carboxylic acids is 2. The molecule has 1 amide bonds. The third-order valence-corrected chi connectivity index (χ3v) is 5.35. The molecule has 150 valence electrons. The van der Waals surface area contributed by atoms with Gasteiger partial charge in [0.15, 0.2) is 6.54 Å². The van der Waals surface area contributed by atoms with E-state index in [-0.39, 0.29) is 41.2 Å². The van der Waals surface area contributed by atoms with E-state index in [9.17, 15) is 19.5 Å². The van der Waals surface area contributed by atoms with Crippen LogP contribution in [0.5, 0.6) is 0 Å². The molecule has 7 nitrogen and oxygen atoms in total. The van der Waals surface area contributed by atoms with E-state index >= 15 is 0 Å². The third kappa shape index (κ3) is 6.36. The Balaban J connectivity index is 2.92. The van der Waals surface area contributed by atoms with E-state index < -0.39 is 11.9 Å². The van der Waals surface area contributed by atoms with Crippen LogP contribution in [0.25, 0.3) is 0 Å². The molecule has 1 aliphatic heterocycles. The molecule has 0 radical (unpaired) electrons. The van der Waals surface area contributed by atoms with Gasteiger partial charge in [-0.05, 0) is 19.4 Å². The molecule has 0 aliphatic carbocycles. The number of nitrogens with two attached hydrogens (primary N) is 1. The SMILES string of the molecule is CC(C)C[N+]1(CC(=O)O)C(=O)[C@H](CCCCCCN)C[C@H]1CCC(=O)O. The molecule has 0 aromatic heterocycles. The number of carboxylic acid groups (broad SMARTS) is 2.